The molecule has 0 radical (unpaired) electrons. The van der Waals surface area contributed by atoms with Crippen LogP contribution in [-0.4, -0.2) is 83.8 Å². The Morgan fingerprint density at radius 3 is 2.07 bits per heavy atom. The van der Waals surface area contributed by atoms with Crippen molar-refractivity contribution in [2.24, 2.45) is 11.8 Å². The predicted octanol–water partition coefficient (Wildman–Crippen LogP) is 3.78. The average Bonchev–Trinajstić information content (AvgIpc) is 3.30. The van der Waals surface area contributed by atoms with E-state index in [2.05, 4.69) is 18.7 Å². The van der Waals surface area contributed by atoms with Gasteiger partial charge in [-0.05, 0) is 63.6 Å². The lowest BCUT2D eigenvalue weighted by Crippen LogP contribution is -2.58. The lowest BCUT2D eigenvalue weighted by Gasteiger charge is -2.40. The summed E-state index contributed by atoms with van der Waals surface area (Å²) in [7, 11) is 0. The minimum Gasteiger partial charge on any atom is -0.394 e. The normalized spacial score (nSPS) is 30.2. The summed E-state index contributed by atoms with van der Waals surface area (Å²) < 4.78 is 6.94. The van der Waals surface area contributed by atoms with E-state index >= 15 is 0 Å². The van der Waals surface area contributed by atoms with E-state index < -0.39 is 35.1 Å². The van der Waals surface area contributed by atoms with E-state index in [1.54, 1.807) is 9.80 Å². The van der Waals surface area contributed by atoms with Gasteiger partial charge in [0.2, 0.25) is 11.8 Å². The van der Waals surface area contributed by atoms with Crippen LogP contribution in [0.5, 0.6) is 0 Å². The third-order valence-corrected chi connectivity index (χ3v) is 9.93. The Labute approximate surface area is 259 Å². The summed E-state index contributed by atoms with van der Waals surface area (Å²) in [6.07, 6.45) is 7.98. The van der Waals surface area contributed by atoms with Crippen molar-refractivity contribution in [3.8, 4) is 0 Å². The molecule has 2 saturated heterocycles. The molecule has 232 valence electrons. The Morgan fingerprint density at radius 2 is 1.45 bits per heavy atom. The van der Waals surface area contributed by atoms with Gasteiger partial charge in [0.25, 0.3) is 5.91 Å². The maximum Gasteiger partial charge on any atom is 0.253 e. The van der Waals surface area contributed by atoms with E-state index in [0.717, 1.165) is 24.5 Å². The highest BCUT2D eigenvalue weighted by molar-refractivity contribution is 6.07. The van der Waals surface area contributed by atoms with Crippen molar-refractivity contribution in [1.82, 2.24) is 4.90 Å². The number of rotatable bonds is 8. The summed E-state index contributed by atoms with van der Waals surface area (Å²) in [5, 5.41) is 10.4. The molecule has 9 nitrogen and oxygen atoms in total. The third kappa shape index (κ3) is 4.47. The molecule has 2 aromatic rings. The average molecular weight is 599 g/mol. The summed E-state index contributed by atoms with van der Waals surface area (Å²) in [5.41, 5.74) is 0.0194. The molecule has 1 unspecified atom stereocenters. The highest BCUT2D eigenvalue weighted by Crippen LogP contribution is 2.58. The highest BCUT2D eigenvalue weighted by atomic mass is 16.5. The highest BCUT2D eigenvalue weighted by Gasteiger charge is 2.75. The molecule has 0 saturated carbocycles. The van der Waals surface area contributed by atoms with E-state index in [9.17, 15) is 19.5 Å². The molecule has 0 aromatic heterocycles. The largest absolute Gasteiger partial charge is 0.394 e. The van der Waals surface area contributed by atoms with Crippen molar-refractivity contribution < 1.29 is 24.2 Å². The summed E-state index contributed by atoms with van der Waals surface area (Å²) in [5.74, 6) is -2.65. The van der Waals surface area contributed by atoms with Crippen LogP contribution in [0.1, 0.15) is 34.1 Å². The molecule has 6 rings (SSSR count). The monoisotopic (exact) mass is 598 g/mol. The van der Waals surface area contributed by atoms with Crippen molar-refractivity contribution in [3.63, 3.8) is 0 Å². The molecule has 3 amide bonds. The number of nitrogens with zero attached hydrogens (tertiary/aromatic N) is 4. The second-order valence-corrected chi connectivity index (χ2v) is 12.2. The van der Waals surface area contributed by atoms with Crippen LogP contribution >= 0.6 is 0 Å². The van der Waals surface area contributed by atoms with Gasteiger partial charge in [0.15, 0.2) is 0 Å². The second kappa shape index (κ2) is 11.5. The molecular weight excluding hydrogens is 556 g/mol. The first-order valence-electron chi connectivity index (χ1n) is 15.8. The number of likely N-dealkylation sites (tertiary alicyclic amines) is 1. The van der Waals surface area contributed by atoms with Gasteiger partial charge in [-0.25, -0.2) is 0 Å². The van der Waals surface area contributed by atoms with Gasteiger partial charge in [-0.3, -0.25) is 14.4 Å². The van der Waals surface area contributed by atoms with Gasteiger partial charge >= 0.3 is 0 Å². The number of para-hydroxylation sites is 1. The van der Waals surface area contributed by atoms with Crippen LogP contribution in [0, 0.1) is 11.8 Å². The van der Waals surface area contributed by atoms with Crippen LogP contribution in [0.4, 0.5) is 17.1 Å². The number of amides is 3. The quantitative estimate of drug-likeness (QED) is 0.465. The van der Waals surface area contributed by atoms with Gasteiger partial charge in [0, 0.05) is 43.2 Å². The number of fused-ring (bicyclic) bond motifs is 2. The van der Waals surface area contributed by atoms with Crippen LogP contribution in [0.3, 0.4) is 0 Å². The van der Waals surface area contributed by atoms with Crippen LogP contribution in [0.25, 0.3) is 0 Å². The van der Waals surface area contributed by atoms with Gasteiger partial charge in [-0.15, -0.1) is 0 Å². The fourth-order valence-corrected chi connectivity index (χ4v) is 7.77. The number of anilines is 3. The van der Waals surface area contributed by atoms with Gasteiger partial charge < -0.3 is 29.4 Å². The predicted molar refractivity (Wildman–Crippen MR) is 170 cm³/mol. The SMILES string of the molecule is CC[C@@H](CO)N1C(=O)[C@@H]2[C@H]3C(=O)N(c4ccccc4)CC=C[C@@]3(C)O[C@@]23C=CCN(c2ccc(N(CC)CC)cc2)C(=O)C13. The Kier molecular flexibility index (Phi) is 7.88. The minimum atomic E-state index is -1.38. The molecular formula is C35H42N4O5. The number of carbonyl (C=O) groups excluding carboxylic acids is 3. The van der Waals surface area contributed by atoms with Crippen molar-refractivity contribution in [2.45, 2.75) is 57.4 Å². The zero-order valence-electron chi connectivity index (χ0n) is 25.9. The van der Waals surface area contributed by atoms with Gasteiger partial charge in [-0.2, -0.15) is 0 Å². The topological polar surface area (TPSA) is 93.6 Å². The van der Waals surface area contributed by atoms with Crippen LogP contribution in [0.2, 0.25) is 0 Å². The number of aliphatic hydroxyl groups excluding tert-OH is 1. The van der Waals surface area contributed by atoms with Crippen molar-refractivity contribution >= 4 is 34.8 Å². The zero-order chi connectivity index (χ0) is 31.2. The standard InChI is InChI=1S/C35H42N4O5/c1-5-24(23-40)39-30-33(43)38(27-17-15-25(16-18-27)36(6-2)7-3)22-12-20-35(30)29(32(39)42)28-31(41)37(26-13-9-8-10-14-26)21-11-19-34(28,4)44-35/h8-20,24,28-30,40H,5-7,21-23H2,1-4H3/t24-,28-,29-,30?,34+,35-/m0/s1. The first-order valence-corrected chi connectivity index (χ1v) is 15.8. The Balaban J connectivity index is 1.44. The van der Waals surface area contributed by atoms with E-state index in [4.69, 9.17) is 4.74 Å². The lowest BCUT2D eigenvalue weighted by atomic mass is 9.74. The van der Waals surface area contributed by atoms with E-state index in [-0.39, 0.29) is 30.9 Å². The second-order valence-electron chi connectivity index (χ2n) is 12.2. The molecule has 4 heterocycles. The van der Waals surface area contributed by atoms with E-state index in [0.29, 0.717) is 18.7 Å². The number of hydrogen-bond donors (Lipinski definition) is 1. The van der Waals surface area contributed by atoms with Gasteiger partial charge in [0.05, 0.1) is 30.1 Å². The van der Waals surface area contributed by atoms with Crippen LogP contribution < -0.4 is 14.7 Å². The molecule has 0 bridgehead atoms. The minimum absolute atomic E-state index is 0.217. The number of hydrogen-bond acceptors (Lipinski definition) is 6. The molecule has 9 heteroatoms. The number of ether oxygens (including phenoxy) is 1. The third-order valence-electron chi connectivity index (χ3n) is 9.93. The molecule has 44 heavy (non-hydrogen) atoms. The van der Waals surface area contributed by atoms with E-state index in [1.807, 2.05) is 92.7 Å². The molecule has 4 aliphatic rings. The summed E-state index contributed by atoms with van der Waals surface area (Å²) in [4.78, 5) is 51.0. The first-order chi connectivity index (χ1) is 21.2. The van der Waals surface area contributed by atoms with Crippen molar-refractivity contribution in [1.29, 1.82) is 0 Å². The van der Waals surface area contributed by atoms with Crippen molar-refractivity contribution in [3.05, 3.63) is 78.9 Å². The summed E-state index contributed by atoms with van der Waals surface area (Å²) in [6.45, 7) is 10.0. The zero-order valence-corrected chi connectivity index (χ0v) is 25.9. The first kappa shape index (κ1) is 30.1. The Hall–Kier alpha value is -3.95. The number of aliphatic hydroxyl groups is 1. The molecule has 1 N–H and O–H groups in total. The van der Waals surface area contributed by atoms with Crippen LogP contribution in [-0.2, 0) is 19.1 Å². The smallest absolute Gasteiger partial charge is 0.253 e. The molecule has 0 aliphatic carbocycles. The Morgan fingerprint density at radius 1 is 0.841 bits per heavy atom. The van der Waals surface area contributed by atoms with Gasteiger partial charge in [0.1, 0.15) is 11.6 Å². The maximum absolute atomic E-state index is 14.7. The van der Waals surface area contributed by atoms with Gasteiger partial charge in [-0.1, -0.05) is 49.4 Å². The molecule has 1 spiro atoms. The maximum atomic E-state index is 14.7. The fourth-order valence-electron chi connectivity index (χ4n) is 7.77. The van der Waals surface area contributed by atoms with E-state index in [1.165, 1.54) is 4.90 Å². The summed E-state index contributed by atoms with van der Waals surface area (Å²) >= 11 is 0. The molecule has 2 fully saturated rings. The Bertz CT molecular complexity index is 1470. The molecule has 2 aromatic carbocycles. The fraction of sp³-hybridized carbons (Fsp3) is 0.457. The number of carbonyl (C=O) groups is 3. The lowest BCUT2D eigenvalue weighted by molar-refractivity contribution is -0.148. The van der Waals surface area contributed by atoms with Crippen LogP contribution in [0.15, 0.2) is 78.9 Å². The summed E-state index contributed by atoms with van der Waals surface area (Å²) in [6, 6.07) is 15.6. The van der Waals surface area contributed by atoms with Crippen molar-refractivity contribution in [2.75, 3.05) is 47.5 Å². The molecule has 6 atom stereocenters. The molecule has 4 aliphatic heterocycles. The number of benzene rings is 2.